The lowest BCUT2D eigenvalue weighted by Gasteiger charge is -2.15. The van der Waals surface area contributed by atoms with Crippen LogP contribution in [0, 0.1) is 12.8 Å². The molecule has 1 aliphatic rings. The van der Waals surface area contributed by atoms with Gasteiger partial charge in [0.15, 0.2) is 0 Å². The highest BCUT2D eigenvalue weighted by atomic mass is 35.5. The molecule has 2 atom stereocenters. The molecule has 2 heterocycles. The molecule has 0 spiro atoms. The SMILES string of the molecule is Cc1nc(-c2ccc(Cl)cc2)sc1[C@@H](C)NC(=O)[C@H]1CCNC1. The first kappa shape index (κ1) is 16.4. The lowest BCUT2D eigenvalue weighted by atomic mass is 10.1. The molecular formula is C17H20ClN3OS. The molecule has 0 saturated carbocycles. The molecular weight excluding hydrogens is 330 g/mol. The van der Waals surface area contributed by atoms with Crippen LogP contribution in [-0.4, -0.2) is 24.0 Å². The quantitative estimate of drug-likeness (QED) is 0.887. The molecule has 23 heavy (non-hydrogen) atoms. The number of halogens is 1. The number of hydrogen-bond acceptors (Lipinski definition) is 4. The van der Waals surface area contributed by atoms with Crippen LogP contribution in [-0.2, 0) is 4.79 Å². The van der Waals surface area contributed by atoms with E-state index in [0.29, 0.717) is 5.02 Å². The summed E-state index contributed by atoms with van der Waals surface area (Å²) in [6, 6.07) is 7.65. The highest BCUT2D eigenvalue weighted by Crippen LogP contribution is 2.32. The average Bonchev–Trinajstić information content (AvgIpc) is 3.17. The van der Waals surface area contributed by atoms with E-state index in [9.17, 15) is 4.79 Å². The number of aryl methyl sites for hydroxylation is 1. The summed E-state index contributed by atoms with van der Waals surface area (Å²) >= 11 is 7.56. The van der Waals surface area contributed by atoms with Crippen molar-refractivity contribution in [3.05, 3.63) is 39.9 Å². The number of rotatable bonds is 4. The van der Waals surface area contributed by atoms with E-state index in [0.717, 1.165) is 40.7 Å². The number of hydrogen-bond donors (Lipinski definition) is 2. The molecule has 2 aromatic rings. The van der Waals surface area contributed by atoms with Gasteiger partial charge in [-0.15, -0.1) is 11.3 Å². The molecule has 0 radical (unpaired) electrons. The molecule has 0 aliphatic carbocycles. The largest absolute Gasteiger partial charge is 0.348 e. The lowest BCUT2D eigenvalue weighted by Crippen LogP contribution is -2.33. The van der Waals surface area contributed by atoms with Gasteiger partial charge in [0.25, 0.3) is 0 Å². The smallest absolute Gasteiger partial charge is 0.224 e. The number of amides is 1. The van der Waals surface area contributed by atoms with Gasteiger partial charge in [0, 0.05) is 17.1 Å². The third-order valence-corrected chi connectivity index (χ3v) is 5.75. The fraction of sp³-hybridized carbons (Fsp3) is 0.412. The van der Waals surface area contributed by atoms with Crippen molar-refractivity contribution >= 4 is 28.8 Å². The second-order valence-corrected chi connectivity index (χ2v) is 7.36. The third kappa shape index (κ3) is 3.74. The van der Waals surface area contributed by atoms with E-state index < -0.39 is 0 Å². The molecule has 1 aromatic carbocycles. The van der Waals surface area contributed by atoms with Crippen molar-refractivity contribution in [2.75, 3.05) is 13.1 Å². The number of thiazole rings is 1. The van der Waals surface area contributed by atoms with Crippen molar-refractivity contribution in [3.63, 3.8) is 0 Å². The highest BCUT2D eigenvalue weighted by molar-refractivity contribution is 7.15. The standard InChI is InChI=1S/C17H20ClN3OS/c1-10(20-16(22)13-7-8-19-9-13)15-11(2)21-17(23-15)12-3-5-14(18)6-4-12/h3-6,10,13,19H,7-9H2,1-2H3,(H,20,22)/t10-,13+/m1/s1. The second kappa shape index (κ2) is 6.99. The summed E-state index contributed by atoms with van der Waals surface area (Å²) in [5, 5.41) is 8.02. The monoisotopic (exact) mass is 349 g/mol. The lowest BCUT2D eigenvalue weighted by molar-refractivity contribution is -0.125. The van der Waals surface area contributed by atoms with E-state index in [2.05, 4.69) is 15.6 Å². The number of nitrogens with zero attached hydrogens (tertiary/aromatic N) is 1. The summed E-state index contributed by atoms with van der Waals surface area (Å²) in [6.07, 6.45) is 0.913. The minimum atomic E-state index is -0.0262. The van der Waals surface area contributed by atoms with Crippen LogP contribution in [0.2, 0.25) is 5.02 Å². The van der Waals surface area contributed by atoms with E-state index in [1.807, 2.05) is 38.1 Å². The van der Waals surface area contributed by atoms with Gasteiger partial charge in [0.2, 0.25) is 5.91 Å². The van der Waals surface area contributed by atoms with Gasteiger partial charge in [-0.25, -0.2) is 4.98 Å². The molecule has 2 N–H and O–H groups in total. The Bertz CT molecular complexity index is 692. The van der Waals surface area contributed by atoms with Crippen molar-refractivity contribution in [1.82, 2.24) is 15.6 Å². The summed E-state index contributed by atoms with van der Waals surface area (Å²) in [5.74, 6) is 0.213. The van der Waals surface area contributed by atoms with E-state index in [-0.39, 0.29) is 17.9 Å². The van der Waals surface area contributed by atoms with Gasteiger partial charge in [-0.2, -0.15) is 0 Å². The molecule has 0 unspecified atom stereocenters. The zero-order valence-electron chi connectivity index (χ0n) is 13.2. The molecule has 3 rings (SSSR count). The third-order valence-electron chi connectivity index (χ3n) is 4.11. The van der Waals surface area contributed by atoms with Gasteiger partial charge in [-0.1, -0.05) is 23.7 Å². The van der Waals surface area contributed by atoms with Gasteiger partial charge in [-0.3, -0.25) is 4.79 Å². The van der Waals surface area contributed by atoms with Gasteiger partial charge in [-0.05, 0) is 38.9 Å². The molecule has 1 amide bonds. The zero-order chi connectivity index (χ0) is 16.4. The van der Waals surface area contributed by atoms with E-state index in [1.165, 1.54) is 0 Å². The van der Waals surface area contributed by atoms with Crippen molar-refractivity contribution in [1.29, 1.82) is 0 Å². The van der Waals surface area contributed by atoms with Gasteiger partial charge < -0.3 is 10.6 Å². The van der Waals surface area contributed by atoms with E-state index in [4.69, 9.17) is 11.6 Å². The van der Waals surface area contributed by atoms with Gasteiger partial charge in [0.1, 0.15) is 5.01 Å². The van der Waals surface area contributed by atoms with Crippen molar-refractivity contribution in [2.45, 2.75) is 26.3 Å². The van der Waals surface area contributed by atoms with Crippen LogP contribution in [0.25, 0.3) is 10.6 Å². The Labute approximate surface area is 145 Å². The number of carbonyl (C=O) groups excluding carboxylic acids is 1. The van der Waals surface area contributed by atoms with Crippen LogP contribution in [0.3, 0.4) is 0 Å². The Morgan fingerprint density at radius 1 is 1.43 bits per heavy atom. The Morgan fingerprint density at radius 3 is 2.83 bits per heavy atom. The predicted molar refractivity (Wildman–Crippen MR) is 94.8 cm³/mol. The first-order valence-electron chi connectivity index (χ1n) is 7.79. The number of carbonyl (C=O) groups is 1. The number of nitrogens with one attached hydrogen (secondary N) is 2. The molecule has 4 nitrogen and oxygen atoms in total. The molecule has 1 fully saturated rings. The summed E-state index contributed by atoms with van der Waals surface area (Å²) in [5.41, 5.74) is 2.02. The number of aromatic nitrogens is 1. The average molecular weight is 350 g/mol. The molecule has 122 valence electrons. The van der Waals surface area contributed by atoms with Crippen LogP contribution >= 0.6 is 22.9 Å². The van der Waals surface area contributed by atoms with E-state index in [1.54, 1.807) is 11.3 Å². The summed E-state index contributed by atoms with van der Waals surface area (Å²) in [7, 11) is 0. The Kier molecular flexibility index (Phi) is 4.99. The minimum Gasteiger partial charge on any atom is -0.348 e. The molecule has 6 heteroatoms. The fourth-order valence-electron chi connectivity index (χ4n) is 2.80. The topological polar surface area (TPSA) is 54.0 Å². The first-order chi connectivity index (χ1) is 11.0. The van der Waals surface area contributed by atoms with Gasteiger partial charge >= 0.3 is 0 Å². The van der Waals surface area contributed by atoms with Crippen molar-refractivity contribution in [2.24, 2.45) is 5.92 Å². The normalized spacial score (nSPS) is 18.8. The molecule has 0 bridgehead atoms. The maximum Gasteiger partial charge on any atom is 0.224 e. The molecule has 1 saturated heterocycles. The fourth-order valence-corrected chi connectivity index (χ4v) is 4.00. The maximum absolute atomic E-state index is 12.3. The van der Waals surface area contributed by atoms with E-state index >= 15 is 0 Å². The predicted octanol–water partition coefficient (Wildman–Crippen LogP) is 3.56. The van der Waals surface area contributed by atoms with Crippen LogP contribution < -0.4 is 10.6 Å². The highest BCUT2D eigenvalue weighted by Gasteiger charge is 2.25. The zero-order valence-corrected chi connectivity index (χ0v) is 14.8. The van der Waals surface area contributed by atoms with Crippen LogP contribution in [0.5, 0.6) is 0 Å². The van der Waals surface area contributed by atoms with Crippen molar-refractivity contribution in [3.8, 4) is 10.6 Å². The summed E-state index contributed by atoms with van der Waals surface area (Å²) in [6.45, 7) is 5.71. The summed E-state index contributed by atoms with van der Waals surface area (Å²) in [4.78, 5) is 18.0. The summed E-state index contributed by atoms with van der Waals surface area (Å²) < 4.78 is 0. The van der Waals surface area contributed by atoms with Gasteiger partial charge in [0.05, 0.1) is 22.5 Å². The first-order valence-corrected chi connectivity index (χ1v) is 8.98. The Balaban J connectivity index is 1.74. The van der Waals surface area contributed by atoms with Crippen LogP contribution in [0.1, 0.15) is 30.0 Å². The van der Waals surface area contributed by atoms with Crippen LogP contribution in [0.15, 0.2) is 24.3 Å². The van der Waals surface area contributed by atoms with Crippen molar-refractivity contribution < 1.29 is 4.79 Å². The second-order valence-electron chi connectivity index (χ2n) is 5.90. The Morgan fingerprint density at radius 2 is 2.17 bits per heavy atom. The number of benzene rings is 1. The molecule has 1 aromatic heterocycles. The maximum atomic E-state index is 12.3. The Hall–Kier alpha value is -1.43. The van der Waals surface area contributed by atoms with Crippen LogP contribution in [0.4, 0.5) is 0 Å². The minimum absolute atomic E-state index is 0.0262. The molecule has 1 aliphatic heterocycles.